The third-order valence-corrected chi connectivity index (χ3v) is 4.53. The van der Waals surface area contributed by atoms with E-state index in [4.69, 9.17) is 0 Å². The number of halogens is 3. The van der Waals surface area contributed by atoms with E-state index in [0.717, 1.165) is 36.4 Å². The van der Waals surface area contributed by atoms with Gasteiger partial charge in [0.25, 0.3) is 5.91 Å². The molecule has 0 radical (unpaired) electrons. The summed E-state index contributed by atoms with van der Waals surface area (Å²) in [6.07, 6.45) is 2.41. The second-order valence-corrected chi connectivity index (χ2v) is 6.24. The van der Waals surface area contributed by atoms with Gasteiger partial charge in [0, 0.05) is 44.6 Å². The summed E-state index contributed by atoms with van der Waals surface area (Å²) in [6, 6.07) is 2.66. The molecule has 3 heterocycles. The van der Waals surface area contributed by atoms with Gasteiger partial charge in [-0.3, -0.25) is 14.2 Å². The average molecular weight is 355 g/mol. The van der Waals surface area contributed by atoms with Gasteiger partial charge in [-0.2, -0.15) is 23.4 Å². The molecule has 1 fully saturated rings. The Bertz CT molecular complexity index is 723. The quantitative estimate of drug-likeness (QED) is 0.847. The maximum Gasteiger partial charge on any atom is 0.435 e. The second-order valence-electron chi connectivity index (χ2n) is 6.24. The normalized spacial score (nSPS) is 18.6. The number of hydrogen-bond acceptors (Lipinski definition) is 3. The van der Waals surface area contributed by atoms with E-state index in [-0.39, 0.29) is 11.7 Å². The molecule has 0 unspecified atom stereocenters. The summed E-state index contributed by atoms with van der Waals surface area (Å²) in [7, 11) is 1.37. The van der Waals surface area contributed by atoms with Crippen LogP contribution >= 0.6 is 0 Å². The largest absolute Gasteiger partial charge is 0.435 e. The number of carbonyl (C=O) groups is 1. The smallest absolute Gasteiger partial charge is 0.334 e. The van der Waals surface area contributed by atoms with Crippen LogP contribution in [0.5, 0.6) is 0 Å². The van der Waals surface area contributed by atoms with Gasteiger partial charge in [-0.05, 0) is 31.7 Å². The molecule has 0 N–H and O–H groups in total. The number of hydrogen-bond donors (Lipinski definition) is 0. The maximum absolute atomic E-state index is 12.8. The van der Waals surface area contributed by atoms with Crippen molar-refractivity contribution < 1.29 is 18.0 Å². The van der Waals surface area contributed by atoms with Crippen LogP contribution in [0, 0.1) is 0 Å². The molecule has 1 atom stereocenters. The van der Waals surface area contributed by atoms with Gasteiger partial charge >= 0.3 is 6.18 Å². The van der Waals surface area contributed by atoms with Gasteiger partial charge in [0.1, 0.15) is 5.69 Å². The van der Waals surface area contributed by atoms with E-state index < -0.39 is 17.8 Å². The number of amides is 1. The highest BCUT2D eigenvalue weighted by Crippen LogP contribution is 2.29. The molecule has 1 aliphatic rings. The van der Waals surface area contributed by atoms with Gasteiger partial charge in [0.15, 0.2) is 5.69 Å². The van der Waals surface area contributed by atoms with E-state index in [9.17, 15) is 18.0 Å². The van der Waals surface area contributed by atoms with Crippen molar-refractivity contribution in [2.24, 2.45) is 7.05 Å². The van der Waals surface area contributed by atoms with Crippen LogP contribution < -0.4 is 0 Å². The van der Waals surface area contributed by atoms with Crippen LogP contribution in [0.15, 0.2) is 24.5 Å². The molecule has 0 spiro atoms. The number of aromatic nitrogens is 4. The molecule has 6 nitrogen and oxygen atoms in total. The number of nitrogens with zero attached hydrogens (tertiary/aromatic N) is 5. The predicted molar refractivity (Wildman–Crippen MR) is 83.7 cm³/mol. The fraction of sp³-hybridized carbons (Fsp3) is 0.562. The molecule has 9 heteroatoms. The lowest BCUT2D eigenvalue weighted by atomic mass is 9.98. The summed E-state index contributed by atoms with van der Waals surface area (Å²) < 4.78 is 41.3. The molecule has 0 saturated carbocycles. The first-order chi connectivity index (χ1) is 11.9. The summed E-state index contributed by atoms with van der Waals surface area (Å²) in [5, 5.41) is 7.59. The highest BCUT2D eigenvalue weighted by molar-refractivity contribution is 5.93. The SMILES string of the molecule is Cn1nc(C(F)(F)F)cc1C(=O)N1CCCC[C@@H]1CCn1cccn1. The molecule has 0 aromatic carbocycles. The van der Waals surface area contributed by atoms with Crippen LogP contribution in [-0.4, -0.2) is 43.0 Å². The minimum atomic E-state index is -4.56. The van der Waals surface area contributed by atoms with Crippen LogP contribution in [0.1, 0.15) is 41.9 Å². The number of likely N-dealkylation sites (tertiary alicyclic amines) is 1. The fourth-order valence-corrected chi connectivity index (χ4v) is 3.24. The summed E-state index contributed by atoms with van der Waals surface area (Å²) in [5.74, 6) is -0.393. The second kappa shape index (κ2) is 6.89. The summed E-state index contributed by atoms with van der Waals surface area (Å²) in [5.41, 5.74) is -1.07. The van der Waals surface area contributed by atoms with Crippen LogP contribution in [0.25, 0.3) is 0 Å². The summed E-state index contributed by atoms with van der Waals surface area (Å²) >= 11 is 0. The van der Waals surface area contributed by atoms with Crippen molar-refractivity contribution in [3.8, 4) is 0 Å². The van der Waals surface area contributed by atoms with Gasteiger partial charge in [-0.1, -0.05) is 0 Å². The zero-order valence-electron chi connectivity index (χ0n) is 13.9. The Morgan fingerprint density at radius 3 is 2.80 bits per heavy atom. The lowest BCUT2D eigenvalue weighted by molar-refractivity contribution is -0.141. The molecule has 2 aromatic rings. The van der Waals surface area contributed by atoms with E-state index in [2.05, 4.69) is 10.2 Å². The molecule has 3 rings (SSSR count). The van der Waals surface area contributed by atoms with Gasteiger partial charge in [0.05, 0.1) is 0 Å². The minimum Gasteiger partial charge on any atom is -0.334 e. The third kappa shape index (κ3) is 3.85. The van der Waals surface area contributed by atoms with E-state index in [0.29, 0.717) is 13.1 Å². The fourth-order valence-electron chi connectivity index (χ4n) is 3.24. The Morgan fingerprint density at radius 1 is 1.36 bits per heavy atom. The first kappa shape index (κ1) is 17.5. The van der Waals surface area contributed by atoms with Crippen molar-refractivity contribution in [1.29, 1.82) is 0 Å². The zero-order valence-corrected chi connectivity index (χ0v) is 13.9. The molecule has 2 aromatic heterocycles. The van der Waals surface area contributed by atoms with Crippen molar-refractivity contribution in [1.82, 2.24) is 24.5 Å². The Kier molecular flexibility index (Phi) is 4.82. The lowest BCUT2D eigenvalue weighted by Gasteiger charge is -2.35. The Morgan fingerprint density at radius 2 is 2.16 bits per heavy atom. The van der Waals surface area contributed by atoms with E-state index in [1.807, 2.05) is 12.3 Å². The van der Waals surface area contributed by atoms with Crippen LogP contribution in [0.3, 0.4) is 0 Å². The van der Waals surface area contributed by atoms with Crippen LogP contribution in [-0.2, 0) is 19.8 Å². The van der Waals surface area contributed by atoms with Gasteiger partial charge < -0.3 is 4.90 Å². The molecule has 136 valence electrons. The number of aryl methyl sites for hydroxylation is 2. The number of piperidine rings is 1. The Hall–Kier alpha value is -2.32. The number of alkyl halides is 3. The monoisotopic (exact) mass is 355 g/mol. The number of carbonyl (C=O) groups excluding carboxylic acids is 1. The third-order valence-electron chi connectivity index (χ3n) is 4.53. The summed E-state index contributed by atoms with van der Waals surface area (Å²) in [6.45, 7) is 1.22. The van der Waals surface area contributed by atoms with Crippen molar-refractivity contribution in [3.63, 3.8) is 0 Å². The number of rotatable bonds is 4. The van der Waals surface area contributed by atoms with Crippen molar-refractivity contribution in [2.75, 3.05) is 6.54 Å². The van der Waals surface area contributed by atoms with Gasteiger partial charge in [0.2, 0.25) is 0 Å². The van der Waals surface area contributed by atoms with Crippen molar-refractivity contribution >= 4 is 5.91 Å². The van der Waals surface area contributed by atoms with Gasteiger partial charge in [-0.25, -0.2) is 0 Å². The minimum absolute atomic E-state index is 0.00492. The van der Waals surface area contributed by atoms with Crippen LogP contribution in [0.2, 0.25) is 0 Å². The molecular weight excluding hydrogens is 335 g/mol. The van der Waals surface area contributed by atoms with Crippen LogP contribution in [0.4, 0.5) is 13.2 Å². The van der Waals surface area contributed by atoms with E-state index in [1.54, 1.807) is 15.8 Å². The predicted octanol–water partition coefficient (Wildman–Crippen LogP) is 2.72. The standard InChI is InChI=1S/C16H20F3N5O/c1-22-13(11-14(21-22)16(17,18)19)15(25)24-9-3-2-5-12(24)6-10-23-8-4-7-20-23/h4,7-8,11-12H,2-3,5-6,9-10H2,1H3/t12-/m1/s1. The topological polar surface area (TPSA) is 56.0 Å². The molecule has 1 saturated heterocycles. The van der Waals surface area contributed by atoms with Crippen molar-refractivity contribution in [2.45, 2.75) is 44.4 Å². The first-order valence-corrected chi connectivity index (χ1v) is 8.26. The Labute approximate surface area is 143 Å². The lowest BCUT2D eigenvalue weighted by Crippen LogP contribution is -2.44. The zero-order chi connectivity index (χ0) is 18.0. The average Bonchev–Trinajstić information content (AvgIpc) is 3.21. The van der Waals surface area contributed by atoms with Gasteiger partial charge in [-0.15, -0.1) is 0 Å². The highest BCUT2D eigenvalue weighted by atomic mass is 19.4. The molecule has 1 amide bonds. The summed E-state index contributed by atoms with van der Waals surface area (Å²) in [4.78, 5) is 14.5. The van der Waals surface area contributed by atoms with Crippen molar-refractivity contribution in [3.05, 3.63) is 35.9 Å². The van der Waals surface area contributed by atoms with E-state index >= 15 is 0 Å². The first-order valence-electron chi connectivity index (χ1n) is 8.26. The molecular formula is C16H20F3N5O. The molecule has 1 aliphatic heterocycles. The maximum atomic E-state index is 12.8. The Balaban J connectivity index is 1.75. The van der Waals surface area contributed by atoms with E-state index in [1.165, 1.54) is 7.05 Å². The highest BCUT2D eigenvalue weighted by Gasteiger charge is 2.37. The molecule has 0 bridgehead atoms. The molecule has 25 heavy (non-hydrogen) atoms. The molecule has 0 aliphatic carbocycles.